The Morgan fingerprint density at radius 1 is 1.19 bits per heavy atom. The number of nitrogens with two attached hydrogens (primary N) is 1. The van der Waals surface area contributed by atoms with Gasteiger partial charge in [0.1, 0.15) is 22.8 Å². The number of phenolic OH excluding ortho intramolecular Hbond substituents is 1. The fourth-order valence-corrected chi connectivity index (χ4v) is 6.32. The number of hydrogen-bond acceptors (Lipinski definition) is 10. The Kier molecular flexibility index (Phi) is 6.60. The fourth-order valence-electron chi connectivity index (χ4n) is 6.32. The SMILES string of the molecule is CCNCc1cc(O)c2c(c1N(C)C)C[C@H]1C[C@H]3[C@H](N(C)C)C(=O)C(C(N)=O)=C(O)[C@@]3(O)C(=O)C1=C2O. The van der Waals surface area contributed by atoms with Crippen molar-refractivity contribution >= 4 is 28.9 Å². The second-order valence-corrected chi connectivity index (χ2v) is 10.4. The van der Waals surface area contributed by atoms with Gasteiger partial charge < -0.3 is 36.4 Å². The van der Waals surface area contributed by atoms with Gasteiger partial charge in [0.05, 0.1) is 11.6 Å². The quantitative estimate of drug-likeness (QED) is 0.286. The van der Waals surface area contributed by atoms with Gasteiger partial charge in [-0.15, -0.1) is 0 Å². The number of primary amides is 1. The topological polar surface area (TPSA) is 177 Å². The van der Waals surface area contributed by atoms with E-state index >= 15 is 0 Å². The van der Waals surface area contributed by atoms with E-state index in [9.17, 15) is 34.8 Å². The molecule has 4 atom stereocenters. The van der Waals surface area contributed by atoms with Crippen LogP contribution in [-0.4, -0.2) is 89.2 Å². The minimum atomic E-state index is -2.64. The molecule has 11 nitrogen and oxygen atoms in total. The van der Waals surface area contributed by atoms with Crippen LogP contribution in [0.2, 0.25) is 0 Å². The lowest BCUT2D eigenvalue weighted by molar-refractivity contribution is -0.153. The molecule has 1 aromatic carbocycles. The van der Waals surface area contributed by atoms with Crippen LogP contribution in [0.25, 0.3) is 5.76 Å². The number of aliphatic hydroxyl groups excluding tert-OH is 2. The summed E-state index contributed by atoms with van der Waals surface area (Å²) < 4.78 is 0. The molecule has 1 aromatic rings. The molecular weight excluding hydrogens is 480 g/mol. The second-order valence-electron chi connectivity index (χ2n) is 10.4. The molecule has 0 saturated heterocycles. The number of phenols is 1. The largest absolute Gasteiger partial charge is 0.508 e. The fraction of sp³-hybridized carbons (Fsp3) is 0.500. The zero-order chi connectivity index (χ0) is 27.6. The van der Waals surface area contributed by atoms with E-state index in [2.05, 4.69) is 5.32 Å². The predicted octanol–water partition coefficient (Wildman–Crippen LogP) is 0.140. The summed E-state index contributed by atoms with van der Waals surface area (Å²) in [4.78, 5) is 42.5. The Hall–Kier alpha value is -3.41. The maximum absolute atomic E-state index is 13.9. The van der Waals surface area contributed by atoms with Crippen molar-refractivity contribution in [2.75, 3.05) is 39.6 Å². The van der Waals surface area contributed by atoms with E-state index in [-0.39, 0.29) is 29.7 Å². The van der Waals surface area contributed by atoms with Crippen LogP contribution in [0.3, 0.4) is 0 Å². The number of amides is 1. The minimum absolute atomic E-state index is 0.0524. The molecular formula is C26H34N4O7. The van der Waals surface area contributed by atoms with Crippen molar-refractivity contribution in [3.05, 3.63) is 39.7 Å². The van der Waals surface area contributed by atoms with Gasteiger partial charge in [-0.05, 0) is 56.6 Å². The van der Waals surface area contributed by atoms with Crippen molar-refractivity contribution in [3.8, 4) is 5.75 Å². The highest BCUT2D eigenvalue weighted by Crippen LogP contribution is 2.54. The van der Waals surface area contributed by atoms with E-state index in [0.29, 0.717) is 18.7 Å². The van der Waals surface area contributed by atoms with Crippen LogP contribution in [0.4, 0.5) is 5.69 Å². The molecule has 0 unspecified atom stereocenters. The molecule has 37 heavy (non-hydrogen) atoms. The molecule has 0 spiro atoms. The summed E-state index contributed by atoms with van der Waals surface area (Å²) >= 11 is 0. The lowest BCUT2D eigenvalue weighted by Crippen LogP contribution is -2.65. The summed E-state index contributed by atoms with van der Waals surface area (Å²) in [7, 11) is 6.84. The number of aliphatic hydroxyl groups is 3. The number of rotatable bonds is 6. The molecule has 1 fully saturated rings. The number of fused-ring (bicyclic) bond motifs is 3. The molecule has 3 aliphatic carbocycles. The number of nitrogens with one attached hydrogen (secondary N) is 1. The number of anilines is 1. The van der Waals surface area contributed by atoms with Crippen LogP contribution in [0, 0.1) is 11.8 Å². The van der Waals surface area contributed by atoms with E-state index in [1.54, 1.807) is 14.1 Å². The average Bonchev–Trinajstić information content (AvgIpc) is 2.79. The summed E-state index contributed by atoms with van der Waals surface area (Å²) in [5, 5.41) is 48.1. The molecule has 3 aliphatic rings. The highest BCUT2D eigenvalue weighted by atomic mass is 16.3. The molecule has 1 amide bonds. The molecule has 0 aliphatic heterocycles. The molecule has 0 radical (unpaired) electrons. The Labute approximate surface area is 214 Å². The van der Waals surface area contributed by atoms with E-state index < -0.39 is 58.0 Å². The van der Waals surface area contributed by atoms with Crippen LogP contribution in [0.1, 0.15) is 30.0 Å². The first-order chi connectivity index (χ1) is 17.3. The number of Topliss-reactive ketones (excluding diaryl/α,β-unsaturated/α-hetero) is 2. The van der Waals surface area contributed by atoms with Gasteiger partial charge in [-0.3, -0.25) is 19.3 Å². The van der Waals surface area contributed by atoms with Crippen molar-refractivity contribution in [2.24, 2.45) is 17.6 Å². The zero-order valence-corrected chi connectivity index (χ0v) is 21.6. The molecule has 200 valence electrons. The van der Waals surface area contributed by atoms with Crippen molar-refractivity contribution in [2.45, 2.75) is 38.0 Å². The normalized spacial score (nSPS) is 27.3. The van der Waals surface area contributed by atoms with Gasteiger partial charge >= 0.3 is 0 Å². The third-order valence-electron chi connectivity index (χ3n) is 7.78. The van der Waals surface area contributed by atoms with Gasteiger partial charge in [-0.25, -0.2) is 0 Å². The molecule has 0 aromatic heterocycles. The molecule has 7 N–H and O–H groups in total. The lowest BCUT2D eigenvalue weighted by Gasteiger charge is -2.50. The summed E-state index contributed by atoms with van der Waals surface area (Å²) in [5.41, 5.74) is 4.04. The van der Waals surface area contributed by atoms with Gasteiger partial charge in [-0.1, -0.05) is 6.92 Å². The maximum Gasteiger partial charge on any atom is 0.255 e. The first-order valence-electron chi connectivity index (χ1n) is 12.2. The van der Waals surface area contributed by atoms with Gasteiger partial charge in [0.2, 0.25) is 5.78 Å². The minimum Gasteiger partial charge on any atom is -0.508 e. The number of carbonyl (C=O) groups is 3. The lowest BCUT2D eigenvalue weighted by atomic mass is 9.57. The molecule has 0 heterocycles. The smallest absolute Gasteiger partial charge is 0.255 e. The number of benzene rings is 1. The molecule has 1 saturated carbocycles. The molecule has 11 heteroatoms. The third-order valence-corrected chi connectivity index (χ3v) is 7.78. The van der Waals surface area contributed by atoms with Gasteiger partial charge in [0.25, 0.3) is 5.91 Å². The number of nitrogens with zero attached hydrogens (tertiary/aromatic N) is 2. The van der Waals surface area contributed by atoms with E-state index in [1.807, 2.05) is 25.9 Å². The highest BCUT2D eigenvalue weighted by molar-refractivity contribution is 6.24. The van der Waals surface area contributed by atoms with E-state index in [4.69, 9.17) is 5.73 Å². The van der Waals surface area contributed by atoms with Crippen LogP contribution >= 0.6 is 0 Å². The van der Waals surface area contributed by atoms with Crippen molar-refractivity contribution in [3.63, 3.8) is 0 Å². The maximum atomic E-state index is 13.9. The molecule has 4 rings (SSSR count). The Bertz CT molecular complexity index is 1270. The summed E-state index contributed by atoms with van der Waals surface area (Å²) in [6.45, 7) is 3.14. The Morgan fingerprint density at radius 2 is 1.84 bits per heavy atom. The summed E-state index contributed by atoms with van der Waals surface area (Å²) in [5.74, 6) is -6.58. The number of ketones is 2. The number of hydrogen-bond donors (Lipinski definition) is 6. The Balaban J connectivity index is 1.97. The van der Waals surface area contributed by atoms with Crippen LogP contribution in [0.5, 0.6) is 5.75 Å². The monoisotopic (exact) mass is 514 g/mol. The van der Waals surface area contributed by atoms with E-state index in [0.717, 1.165) is 11.3 Å². The summed E-state index contributed by atoms with van der Waals surface area (Å²) in [6, 6.07) is 0.419. The summed E-state index contributed by atoms with van der Waals surface area (Å²) in [6.07, 6.45) is 0.298. The number of carbonyl (C=O) groups excluding carboxylic acids is 3. The second kappa shape index (κ2) is 9.16. The predicted molar refractivity (Wildman–Crippen MR) is 136 cm³/mol. The third kappa shape index (κ3) is 3.72. The van der Waals surface area contributed by atoms with Crippen molar-refractivity contribution in [1.82, 2.24) is 10.2 Å². The van der Waals surface area contributed by atoms with Gasteiger partial charge in [0.15, 0.2) is 11.4 Å². The Morgan fingerprint density at radius 3 is 2.38 bits per heavy atom. The van der Waals surface area contributed by atoms with Crippen LogP contribution in [-0.2, 0) is 27.3 Å². The van der Waals surface area contributed by atoms with Crippen LogP contribution in [0.15, 0.2) is 23.0 Å². The zero-order valence-electron chi connectivity index (χ0n) is 21.6. The van der Waals surface area contributed by atoms with Crippen molar-refractivity contribution in [1.29, 1.82) is 0 Å². The first-order valence-corrected chi connectivity index (χ1v) is 12.2. The standard InChI is InChI=1S/C26H34N4O7/c1-6-28-10-12-9-15(31)17-13(19(12)29(2)3)7-11-8-14-20(30(4)5)22(33)18(25(27)36)24(35)26(14,37)23(34)16(11)21(17)32/h9,11,14,20,28,31-32,35,37H,6-8,10H2,1-5H3,(H2,27,36)/t11-,14-,20-,26-/m0/s1. The molecule has 0 bridgehead atoms. The number of aromatic hydroxyl groups is 1. The number of likely N-dealkylation sites (N-methyl/N-ethyl adjacent to an activating group) is 1. The van der Waals surface area contributed by atoms with Gasteiger partial charge in [0, 0.05) is 37.8 Å². The first kappa shape index (κ1) is 26.6. The van der Waals surface area contributed by atoms with Crippen LogP contribution < -0.4 is 16.0 Å². The highest BCUT2D eigenvalue weighted by Gasteiger charge is 2.64. The van der Waals surface area contributed by atoms with E-state index in [1.165, 1.54) is 11.0 Å². The average molecular weight is 515 g/mol. The van der Waals surface area contributed by atoms with Gasteiger partial charge in [-0.2, -0.15) is 0 Å². The van der Waals surface area contributed by atoms with Crippen molar-refractivity contribution < 1.29 is 34.8 Å².